The Hall–Kier alpha value is -4.10. The molecular formula is C41H55BF3N3O6. The van der Waals surface area contributed by atoms with Gasteiger partial charge in [-0.25, -0.2) is 9.78 Å². The number of carbonyl (C=O) groups is 2. The molecule has 2 aliphatic rings. The lowest BCUT2D eigenvalue weighted by Crippen LogP contribution is -2.41. The predicted octanol–water partition coefficient (Wildman–Crippen LogP) is 8.59. The lowest BCUT2D eigenvalue weighted by atomic mass is 9.68. The summed E-state index contributed by atoms with van der Waals surface area (Å²) in [5.41, 5.74) is 1.17. The van der Waals surface area contributed by atoms with Gasteiger partial charge < -0.3 is 28.6 Å². The van der Waals surface area contributed by atoms with Crippen molar-refractivity contribution in [2.45, 2.75) is 98.1 Å². The molecule has 1 fully saturated rings. The van der Waals surface area contributed by atoms with Gasteiger partial charge in [-0.05, 0) is 106 Å². The Morgan fingerprint density at radius 1 is 1.02 bits per heavy atom. The van der Waals surface area contributed by atoms with Crippen LogP contribution in [0.2, 0.25) is 0 Å². The lowest BCUT2D eigenvalue weighted by molar-refractivity contribution is -0.126. The van der Waals surface area contributed by atoms with E-state index in [4.69, 9.17) is 18.8 Å². The van der Waals surface area contributed by atoms with Gasteiger partial charge in [0, 0.05) is 39.0 Å². The summed E-state index contributed by atoms with van der Waals surface area (Å²) in [4.78, 5) is 32.4. The molecule has 13 heteroatoms. The zero-order chi connectivity index (χ0) is 40.2. The minimum absolute atomic E-state index is 0.0184. The van der Waals surface area contributed by atoms with Crippen LogP contribution in [0.1, 0.15) is 85.4 Å². The summed E-state index contributed by atoms with van der Waals surface area (Å²) >= 11 is 0. The van der Waals surface area contributed by atoms with Crippen molar-refractivity contribution < 1.29 is 41.5 Å². The van der Waals surface area contributed by atoms with Crippen molar-refractivity contribution in [1.29, 1.82) is 0 Å². The zero-order valence-corrected chi connectivity index (χ0v) is 33.5. The first-order chi connectivity index (χ1) is 25.0. The monoisotopic (exact) mass is 753 g/mol. The Bertz CT molecular complexity index is 1730. The Kier molecular flexibility index (Phi) is 13.2. The molecule has 1 aromatic carbocycles. The van der Waals surface area contributed by atoms with Crippen molar-refractivity contribution in [3.63, 3.8) is 0 Å². The molecule has 1 aliphatic heterocycles. The van der Waals surface area contributed by atoms with Crippen molar-refractivity contribution in [1.82, 2.24) is 14.8 Å². The average molecular weight is 754 g/mol. The van der Waals surface area contributed by atoms with Crippen LogP contribution < -0.4 is 4.74 Å². The van der Waals surface area contributed by atoms with E-state index in [0.29, 0.717) is 11.1 Å². The second kappa shape index (κ2) is 16.7. The van der Waals surface area contributed by atoms with E-state index in [1.165, 1.54) is 22.1 Å². The number of allylic oxidation sites excluding steroid dienone is 3. The maximum Gasteiger partial charge on any atom is 0.491 e. The first-order valence-corrected chi connectivity index (χ1v) is 18.4. The van der Waals surface area contributed by atoms with Crippen LogP contribution in [0.5, 0.6) is 5.88 Å². The number of pyridine rings is 1. The predicted molar refractivity (Wildman–Crippen MR) is 205 cm³/mol. The Morgan fingerprint density at radius 3 is 2.24 bits per heavy atom. The third kappa shape index (κ3) is 11.0. The molecular weight excluding hydrogens is 698 g/mol. The fraction of sp³-hybridized carbons (Fsp3) is 0.537. The van der Waals surface area contributed by atoms with Crippen LogP contribution in [-0.4, -0.2) is 90.7 Å². The van der Waals surface area contributed by atoms with Crippen LogP contribution in [0, 0.1) is 11.8 Å². The van der Waals surface area contributed by atoms with Crippen LogP contribution >= 0.6 is 0 Å². The topological polar surface area (TPSA) is 90.4 Å². The number of aromatic nitrogens is 1. The second-order valence-electron chi connectivity index (χ2n) is 16.3. The summed E-state index contributed by atoms with van der Waals surface area (Å²) < 4.78 is 67.9. The van der Waals surface area contributed by atoms with E-state index in [1.54, 1.807) is 53.1 Å². The molecule has 0 N–H and O–H groups in total. The first kappa shape index (κ1) is 42.6. The van der Waals surface area contributed by atoms with Gasteiger partial charge in [-0.1, -0.05) is 50.3 Å². The Morgan fingerprint density at radius 2 is 1.67 bits per heavy atom. The average Bonchev–Trinajstić information content (AvgIpc) is 3.19. The quantitative estimate of drug-likeness (QED) is 0.168. The summed E-state index contributed by atoms with van der Waals surface area (Å²) in [5.74, 6) is -0.0256. The summed E-state index contributed by atoms with van der Waals surface area (Å²) in [6, 6.07) is 11.3. The minimum atomic E-state index is -4.56. The molecule has 1 aromatic heterocycles. The highest BCUT2D eigenvalue weighted by molar-refractivity contribution is 6.56. The number of halogens is 3. The van der Waals surface area contributed by atoms with E-state index >= 15 is 0 Å². The van der Waals surface area contributed by atoms with E-state index in [1.807, 2.05) is 58.9 Å². The van der Waals surface area contributed by atoms with Crippen molar-refractivity contribution in [2.24, 2.45) is 11.8 Å². The normalized spacial score (nSPS) is 20.1. The molecule has 1 saturated heterocycles. The number of fused-ring (bicyclic) bond motifs is 1. The number of benzene rings is 1. The Balaban J connectivity index is 1.73. The van der Waals surface area contributed by atoms with Gasteiger partial charge in [-0.15, -0.1) is 0 Å². The maximum absolute atomic E-state index is 14.6. The number of amides is 2. The smallest absolute Gasteiger partial charge is 0.476 e. The molecule has 2 amide bonds. The largest absolute Gasteiger partial charge is 0.491 e. The number of ether oxygens (including phenoxy) is 2. The van der Waals surface area contributed by atoms with E-state index in [9.17, 15) is 22.8 Å². The molecule has 0 spiro atoms. The fourth-order valence-electron chi connectivity index (χ4n) is 6.21. The summed E-state index contributed by atoms with van der Waals surface area (Å²) in [6.07, 6.45) is 0.855. The highest BCUT2D eigenvalue weighted by Gasteiger charge is 2.54. The van der Waals surface area contributed by atoms with Gasteiger partial charge in [-0.3, -0.25) is 4.79 Å². The van der Waals surface area contributed by atoms with Crippen LogP contribution in [0.3, 0.4) is 0 Å². The van der Waals surface area contributed by atoms with Crippen LogP contribution in [0.4, 0.5) is 18.0 Å². The highest BCUT2D eigenvalue weighted by Crippen LogP contribution is 2.47. The molecule has 0 bridgehead atoms. The molecule has 1 unspecified atom stereocenters. The molecule has 2 aromatic rings. The molecule has 9 nitrogen and oxygen atoms in total. The number of nitrogens with zero attached hydrogens (tertiary/aromatic N) is 3. The first-order valence-electron chi connectivity index (χ1n) is 18.4. The van der Waals surface area contributed by atoms with Crippen molar-refractivity contribution >= 4 is 30.8 Å². The van der Waals surface area contributed by atoms with Crippen molar-refractivity contribution in [2.75, 3.05) is 33.8 Å². The fourth-order valence-corrected chi connectivity index (χ4v) is 6.21. The van der Waals surface area contributed by atoms with Gasteiger partial charge in [0.2, 0.25) is 11.8 Å². The number of hydrogen-bond donors (Lipinski definition) is 0. The zero-order valence-electron chi connectivity index (χ0n) is 33.5. The SMILES string of the molecule is CC1C(/C(=C(\CC(F)(F)F)B2OC(C)(C)C(C)(C)O2)c2ccc(OCCN(C/C=C/C(=O)N(C)C)C(=O)OC(C)(C)C)nc2)=Cc2ccccc2C[C@H]1C. The molecule has 4 rings (SSSR count). The second-order valence-corrected chi connectivity index (χ2v) is 16.3. The van der Waals surface area contributed by atoms with E-state index in [-0.39, 0.29) is 48.8 Å². The molecule has 0 saturated carbocycles. The third-order valence-electron chi connectivity index (χ3n) is 10.1. The van der Waals surface area contributed by atoms with Crippen molar-refractivity contribution in [3.05, 3.63) is 82.5 Å². The molecule has 294 valence electrons. The van der Waals surface area contributed by atoms with E-state index in [0.717, 1.165) is 23.1 Å². The highest BCUT2D eigenvalue weighted by atomic mass is 19.4. The maximum atomic E-state index is 14.6. The summed E-state index contributed by atoms with van der Waals surface area (Å²) in [6.45, 7) is 17.0. The van der Waals surface area contributed by atoms with Gasteiger partial charge >= 0.3 is 19.4 Å². The van der Waals surface area contributed by atoms with Gasteiger partial charge in [0.15, 0.2) is 0 Å². The molecule has 1 aliphatic carbocycles. The van der Waals surface area contributed by atoms with E-state index in [2.05, 4.69) is 18.0 Å². The van der Waals surface area contributed by atoms with E-state index < -0.39 is 42.6 Å². The molecule has 2 heterocycles. The van der Waals surface area contributed by atoms with Crippen LogP contribution in [0.25, 0.3) is 11.6 Å². The molecule has 54 heavy (non-hydrogen) atoms. The van der Waals surface area contributed by atoms with Gasteiger partial charge in [0.1, 0.15) is 12.2 Å². The minimum Gasteiger partial charge on any atom is -0.476 e. The van der Waals surface area contributed by atoms with Gasteiger partial charge in [0.05, 0.1) is 24.2 Å². The molecule has 0 radical (unpaired) electrons. The van der Waals surface area contributed by atoms with Gasteiger partial charge in [-0.2, -0.15) is 13.2 Å². The third-order valence-corrected chi connectivity index (χ3v) is 10.1. The number of carbonyl (C=O) groups excluding carboxylic acids is 2. The summed E-state index contributed by atoms with van der Waals surface area (Å²) in [7, 11) is 2.00. The number of rotatable bonds is 11. The summed E-state index contributed by atoms with van der Waals surface area (Å²) in [5, 5.41) is 0. The standard InChI is InChI=1S/C41H55BF3N3O6/c1-27-23-29-15-12-13-16-30(29)24-32(28(27)2)36(33(25-41(43,44)45)42-53-39(6,7)40(8,9)54-42)31-18-19-34(46-26-31)51-22-21-48(37(50)52-38(3,4)5)20-14-17-35(49)47(10)11/h12-19,24,26-28H,20-23,25H2,1-11H3/b17-14+,36-33+/t27-,28?/m1/s1. The number of hydrogen-bond acceptors (Lipinski definition) is 7. The van der Waals surface area contributed by atoms with Crippen molar-refractivity contribution in [3.8, 4) is 5.88 Å². The Labute approximate surface area is 318 Å². The van der Waals surface area contributed by atoms with Gasteiger partial charge in [0.25, 0.3) is 0 Å². The van der Waals surface area contributed by atoms with Crippen LogP contribution in [0.15, 0.2) is 65.8 Å². The molecule has 2 atom stereocenters. The van der Waals surface area contributed by atoms with Crippen LogP contribution in [-0.2, 0) is 25.3 Å². The lowest BCUT2D eigenvalue weighted by Gasteiger charge is -2.32. The number of likely N-dealkylation sites (N-methyl/N-ethyl adjacent to an activating group) is 1. The number of alkyl halides is 3.